The number of unbranched alkanes of at least 4 members (excludes halogenated alkanes) is 11. The van der Waals surface area contributed by atoms with Crippen molar-refractivity contribution in [3.05, 3.63) is 12.2 Å². The van der Waals surface area contributed by atoms with E-state index in [9.17, 15) is 20.1 Å². The zero-order valence-corrected chi connectivity index (χ0v) is 21.7. The SMILES string of the molecule is CCCCCCCCC=CCCCCCCCC(=O)OC[C@H]1OC(OC(C)C)[C@H](O)[C@@H](O)[C@@H]1O. The highest BCUT2D eigenvalue weighted by molar-refractivity contribution is 5.69. The number of ether oxygens (including phenoxy) is 3. The minimum Gasteiger partial charge on any atom is -0.463 e. The predicted molar refractivity (Wildman–Crippen MR) is 133 cm³/mol. The molecule has 0 radical (unpaired) electrons. The normalized spacial score (nSPS) is 25.3. The molecule has 7 heteroatoms. The maximum atomic E-state index is 12.0. The van der Waals surface area contributed by atoms with Crippen LogP contribution in [0.3, 0.4) is 0 Å². The Balaban J connectivity index is 2.04. The van der Waals surface area contributed by atoms with Gasteiger partial charge < -0.3 is 29.5 Å². The third-order valence-electron chi connectivity index (χ3n) is 6.13. The third-order valence-corrected chi connectivity index (χ3v) is 6.13. The fraction of sp³-hybridized carbons (Fsp3) is 0.889. The standard InChI is InChI=1S/C27H50O7/c1-4-5-6-7-8-9-10-11-12-13-14-15-16-17-18-19-23(28)32-20-22-24(29)25(30)26(31)27(34-22)33-21(2)3/h11-12,21-22,24-27,29-31H,4-10,13-20H2,1-3H3/t22-,24-,25+,26-,27?/m1/s1. The molecule has 1 rings (SSSR count). The highest BCUT2D eigenvalue weighted by Crippen LogP contribution is 2.23. The van der Waals surface area contributed by atoms with E-state index in [1.165, 1.54) is 51.4 Å². The van der Waals surface area contributed by atoms with Gasteiger partial charge in [-0.1, -0.05) is 70.4 Å². The molecule has 0 aromatic heterocycles. The number of hydrogen-bond acceptors (Lipinski definition) is 7. The summed E-state index contributed by atoms with van der Waals surface area (Å²) >= 11 is 0. The van der Waals surface area contributed by atoms with Crippen LogP contribution in [-0.2, 0) is 19.0 Å². The largest absolute Gasteiger partial charge is 0.463 e. The monoisotopic (exact) mass is 486 g/mol. The highest BCUT2D eigenvalue weighted by Gasteiger charge is 2.45. The van der Waals surface area contributed by atoms with Gasteiger partial charge in [0.25, 0.3) is 0 Å². The first-order chi connectivity index (χ1) is 16.4. The molecule has 0 aliphatic carbocycles. The Hall–Kier alpha value is -0.990. The first kappa shape index (κ1) is 31.0. The zero-order chi connectivity index (χ0) is 25.2. The van der Waals surface area contributed by atoms with E-state index in [4.69, 9.17) is 14.2 Å². The number of esters is 1. The number of aliphatic hydroxyl groups is 3. The minimum atomic E-state index is -1.42. The third kappa shape index (κ3) is 13.8. The molecule has 0 amide bonds. The van der Waals surface area contributed by atoms with Crippen molar-refractivity contribution in [3.8, 4) is 0 Å². The number of allylic oxidation sites excluding steroid dienone is 2. The van der Waals surface area contributed by atoms with Crippen LogP contribution in [0, 0.1) is 0 Å². The lowest BCUT2D eigenvalue weighted by Crippen LogP contribution is -2.59. The highest BCUT2D eigenvalue weighted by atomic mass is 16.7. The quantitative estimate of drug-likeness (QED) is 0.137. The van der Waals surface area contributed by atoms with Crippen LogP contribution in [0.1, 0.15) is 111 Å². The van der Waals surface area contributed by atoms with E-state index in [1.54, 1.807) is 13.8 Å². The van der Waals surface area contributed by atoms with Crippen LogP contribution >= 0.6 is 0 Å². The zero-order valence-electron chi connectivity index (χ0n) is 21.7. The molecule has 34 heavy (non-hydrogen) atoms. The van der Waals surface area contributed by atoms with E-state index < -0.39 is 30.7 Å². The van der Waals surface area contributed by atoms with Gasteiger partial charge in [-0.05, 0) is 46.0 Å². The molecule has 1 aliphatic heterocycles. The summed E-state index contributed by atoms with van der Waals surface area (Å²) in [6, 6.07) is 0. The summed E-state index contributed by atoms with van der Waals surface area (Å²) in [7, 11) is 0. The van der Waals surface area contributed by atoms with E-state index in [-0.39, 0.29) is 18.7 Å². The number of rotatable bonds is 19. The lowest BCUT2D eigenvalue weighted by Gasteiger charge is -2.40. The van der Waals surface area contributed by atoms with Gasteiger partial charge in [0.2, 0.25) is 0 Å². The van der Waals surface area contributed by atoms with Crippen LogP contribution in [0.4, 0.5) is 0 Å². The Morgan fingerprint density at radius 1 is 0.824 bits per heavy atom. The Labute approximate surface area is 206 Å². The lowest BCUT2D eigenvalue weighted by atomic mass is 9.99. The van der Waals surface area contributed by atoms with Crippen molar-refractivity contribution in [1.82, 2.24) is 0 Å². The molecule has 0 bridgehead atoms. The van der Waals surface area contributed by atoms with Crippen molar-refractivity contribution in [3.63, 3.8) is 0 Å². The number of hydrogen-bond donors (Lipinski definition) is 3. The number of carbonyl (C=O) groups excluding carboxylic acids is 1. The van der Waals surface area contributed by atoms with E-state index in [0.717, 1.165) is 32.1 Å². The van der Waals surface area contributed by atoms with E-state index in [0.29, 0.717) is 6.42 Å². The molecule has 3 N–H and O–H groups in total. The molecule has 1 aliphatic rings. The summed E-state index contributed by atoms with van der Waals surface area (Å²) in [6.45, 7) is 5.61. The van der Waals surface area contributed by atoms with Crippen LogP contribution in [0.5, 0.6) is 0 Å². The molecule has 7 nitrogen and oxygen atoms in total. The van der Waals surface area contributed by atoms with Gasteiger partial charge in [0.1, 0.15) is 31.0 Å². The molecular formula is C27H50O7. The molecule has 1 saturated heterocycles. The lowest BCUT2D eigenvalue weighted by molar-refractivity contribution is -0.309. The van der Waals surface area contributed by atoms with Crippen molar-refractivity contribution < 1.29 is 34.3 Å². The van der Waals surface area contributed by atoms with Gasteiger partial charge >= 0.3 is 5.97 Å². The maximum absolute atomic E-state index is 12.0. The average Bonchev–Trinajstić information content (AvgIpc) is 2.80. The fourth-order valence-electron chi connectivity index (χ4n) is 4.02. The summed E-state index contributed by atoms with van der Waals surface area (Å²) in [5.74, 6) is -0.352. The average molecular weight is 487 g/mol. The summed E-state index contributed by atoms with van der Waals surface area (Å²) < 4.78 is 16.2. The molecule has 1 fully saturated rings. The second kappa shape index (κ2) is 19.2. The van der Waals surface area contributed by atoms with Crippen molar-refractivity contribution in [2.45, 2.75) is 147 Å². The van der Waals surface area contributed by atoms with Gasteiger partial charge in [-0.3, -0.25) is 4.79 Å². The molecule has 0 spiro atoms. The van der Waals surface area contributed by atoms with Gasteiger partial charge in [0.15, 0.2) is 6.29 Å². The second-order valence-electron chi connectivity index (χ2n) is 9.72. The molecule has 0 saturated carbocycles. The molecular weight excluding hydrogens is 436 g/mol. The maximum Gasteiger partial charge on any atom is 0.305 e. The smallest absolute Gasteiger partial charge is 0.305 e. The Bertz CT molecular complexity index is 537. The Kier molecular flexibility index (Phi) is 17.6. The van der Waals surface area contributed by atoms with Crippen molar-refractivity contribution in [1.29, 1.82) is 0 Å². The Morgan fingerprint density at radius 3 is 1.97 bits per heavy atom. The van der Waals surface area contributed by atoms with Gasteiger partial charge in [0.05, 0.1) is 6.10 Å². The second-order valence-corrected chi connectivity index (χ2v) is 9.72. The first-order valence-electron chi connectivity index (χ1n) is 13.5. The molecule has 200 valence electrons. The van der Waals surface area contributed by atoms with Gasteiger partial charge in [-0.25, -0.2) is 0 Å². The van der Waals surface area contributed by atoms with Crippen LogP contribution < -0.4 is 0 Å². The summed E-state index contributed by atoms with van der Waals surface area (Å²) in [5.41, 5.74) is 0. The van der Waals surface area contributed by atoms with Gasteiger partial charge in [-0.2, -0.15) is 0 Å². The van der Waals surface area contributed by atoms with Crippen LogP contribution in [0.25, 0.3) is 0 Å². The Morgan fingerprint density at radius 2 is 1.38 bits per heavy atom. The minimum absolute atomic E-state index is 0.188. The van der Waals surface area contributed by atoms with Crippen molar-refractivity contribution >= 4 is 5.97 Å². The predicted octanol–water partition coefficient (Wildman–Crippen LogP) is 4.80. The molecule has 1 heterocycles. The van der Waals surface area contributed by atoms with Gasteiger partial charge in [-0.15, -0.1) is 0 Å². The molecule has 0 aromatic carbocycles. The molecule has 1 unspecified atom stereocenters. The van der Waals surface area contributed by atoms with Crippen molar-refractivity contribution in [2.75, 3.05) is 6.61 Å². The van der Waals surface area contributed by atoms with Crippen LogP contribution in [0.2, 0.25) is 0 Å². The van der Waals surface area contributed by atoms with E-state index in [1.807, 2.05) is 0 Å². The number of carbonyl (C=O) groups is 1. The van der Waals surface area contributed by atoms with Gasteiger partial charge in [0, 0.05) is 6.42 Å². The van der Waals surface area contributed by atoms with Crippen molar-refractivity contribution in [2.24, 2.45) is 0 Å². The number of aliphatic hydroxyl groups excluding tert-OH is 3. The van der Waals surface area contributed by atoms with E-state index in [2.05, 4.69) is 19.1 Å². The summed E-state index contributed by atoms with van der Waals surface area (Å²) in [5, 5.41) is 30.1. The van der Waals surface area contributed by atoms with E-state index >= 15 is 0 Å². The molecule has 0 aromatic rings. The topological polar surface area (TPSA) is 105 Å². The summed E-state index contributed by atoms with van der Waals surface area (Å²) in [6.07, 6.45) is 14.1. The van der Waals surface area contributed by atoms with Crippen LogP contribution in [0.15, 0.2) is 12.2 Å². The van der Waals surface area contributed by atoms with Crippen LogP contribution in [-0.4, -0.2) is 64.7 Å². The first-order valence-corrected chi connectivity index (χ1v) is 13.5. The summed E-state index contributed by atoms with van der Waals surface area (Å²) in [4.78, 5) is 12.0. The molecule has 5 atom stereocenters. The fourth-order valence-corrected chi connectivity index (χ4v) is 4.02.